The van der Waals surface area contributed by atoms with Crippen molar-refractivity contribution in [3.63, 3.8) is 0 Å². The molecule has 66 valence electrons. The maximum atomic E-state index is 5.75. The van der Waals surface area contributed by atoms with Gasteiger partial charge in [-0.05, 0) is 55.8 Å². The third-order valence-electron chi connectivity index (χ3n) is 4.92. The topological polar surface area (TPSA) is 12.5 Å². The molecule has 3 aliphatic carbocycles. The fraction of sp³-hybridized carbons (Fsp3) is 1.00. The summed E-state index contributed by atoms with van der Waals surface area (Å²) in [6, 6.07) is 0. The van der Waals surface area contributed by atoms with Crippen molar-refractivity contribution in [2.75, 3.05) is 6.61 Å². The van der Waals surface area contributed by atoms with Gasteiger partial charge in [0.15, 0.2) is 0 Å². The Balaban J connectivity index is 1.80. The molecule has 3 saturated carbocycles. The zero-order valence-corrected chi connectivity index (χ0v) is 7.46. The number of hydrogen-bond acceptors (Lipinski definition) is 1. The minimum atomic E-state index is 0.443. The van der Waals surface area contributed by atoms with E-state index in [0.29, 0.717) is 5.60 Å². The van der Waals surface area contributed by atoms with Gasteiger partial charge in [0.1, 0.15) is 0 Å². The van der Waals surface area contributed by atoms with Crippen molar-refractivity contribution in [3.8, 4) is 0 Å². The summed E-state index contributed by atoms with van der Waals surface area (Å²) in [5.41, 5.74) is 0.443. The second-order valence-corrected chi connectivity index (χ2v) is 5.60. The molecule has 5 unspecified atom stereocenters. The maximum absolute atomic E-state index is 5.75. The van der Waals surface area contributed by atoms with Crippen molar-refractivity contribution in [2.24, 2.45) is 23.7 Å². The molecule has 0 N–H and O–H groups in total. The lowest BCUT2D eigenvalue weighted by molar-refractivity contribution is 0.0801. The molecule has 1 nitrogen and oxygen atoms in total. The number of hydrogen-bond donors (Lipinski definition) is 0. The third-order valence-corrected chi connectivity index (χ3v) is 4.92. The van der Waals surface area contributed by atoms with Crippen molar-refractivity contribution >= 4 is 0 Å². The summed E-state index contributed by atoms with van der Waals surface area (Å²) in [5, 5.41) is 0. The SMILES string of the molecule is C1C2CC3CC1CC1(CO1)C3C2. The first kappa shape index (κ1) is 6.42. The third kappa shape index (κ3) is 0.618. The van der Waals surface area contributed by atoms with Gasteiger partial charge in [-0.2, -0.15) is 0 Å². The molecular formula is C11H16O. The zero-order chi connectivity index (χ0) is 7.76. The van der Waals surface area contributed by atoms with E-state index in [1.807, 2.05) is 0 Å². The van der Waals surface area contributed by atoms with Gasteiger partial charge in [-0.3, -0.25) is 0 Å². The minimum absolute atomic E-state index is 0.443. The van der Waals surface area contributed by atoms with Crippen LogP contribution in [0.25, 0.3) is 0 Å². The first-order valence-corrected chi connectivity index (χ1v) is 5.50. The van der Waals surface area contributed by atoms with Crippen LogP contribution < -0.4 is 0 Å². The molecule has 0 aromatic carbocycles. The molecule has 1 spiro atoms. The highest BCUT2D eigenvalue weighted by atomic mass is 16.6. The normalized spacial score (nSPS) is 66.0. The highest BCUT2D eigenvalue weighted by Gasteiger charge is 2.62. The Morgan fingerprint density at radius 3 is 2.67 bits per heavy atom. The summed E-state index contributed by atoms with van der Waals surface area (Å²) in [5.74, 6) is 4.21. The van der Waals surface area contributed by atoms with Gasteiger partial charge in [0.2, 0.25) is 0 Å². The lowest BCUT2D eigenvalue weighted by Gasteiger charge is -2.37. The van der Waals surface area contributed by atoms with E-state index in [9.17, 15) is 0 Å². The van der Waals surface area contributed by atoms with Gasteiger partial charge in [0.05, 0.1) is 12.2 Å². The van der Waals surface area contributed by atoms with Crippen molar-refractivity contribution in [1.82, 2.24) is 0 Å². The van der Waals surface area contributed by atoms with E-state index < -0.39 is 0 Å². The molecule has 4 fully saturated rings. The second kappa shape index (κ2) is 1.75. The molecule has 3 bridgehead atoms. The van der Waals surface area contributed by atoms with Crippen molar-refractivity contribution in [3.05, 3.63) is 0 Å². The lowest BCUT2D eigenvalue weighted by Crippen LogP contribution is -2.36. The number of fused-ring (bicyclic) bond motifs is 3. The van der Waals surface area contributed by atoms with Crippen molar-refractivity contribution in [2.45, 2.75) is 37.7 Å². The van der Waals surface area contributed by atoms with E-state index in [0.717, 1.165) is 30.3 Å². The van der Waals surface area contributed by atoms with Crippen LogP contribution in [-0.2, 0) is 4.74 Å². The molecule has 1 heterocycles. The summed E-state index contributed by atoms with van der Waals surface area (Å²) >= 11 is 0. The standard InChI is InChI=1S/C11H16O/c1-7-2-9-3-8(1)5-11(6-12-11)10(9)4-7/h7-10H,1-6H2. The van der Waals surface area contributed by atoms with Crippen LogP contribution in [0.2, 0.25) is 0 Å². The Kier molecular flexibility index (Phi) is 0.934. The second-order valence-electron chi connectivity index (χ2n) is 5.60. The first-order valence-electron chi connectivity index (χ1n) is 5.50. The summed E-state index contributed by atoms with van der Waals surface area (Å²) in [7, 11) is 0. The van der Waals surface area contributed by atoms with Crippen LogP contribution in [0, 0.1) is 23.7 Å². The van der Waals surface area contributed by atoms with Crippen LogP contribution in [0.5, 0.6) is 0 Å². The first-order chi connectivity index (χ1) is 5.86. The van der Waals surface area contributed by atoms with Gasteiger partial charge < -0.3 is 4.74 Å². The van der Waals surface area contributed by atoms with E-state index in [2.05, 4.69) is 0 Å². The molecule has 5 atom stereocenters. The smallest absolute Gasteiger partial charge is 0.0949 e. The van der Waals surface area contributed by atoms with Gasteiger partial charge in [-0.1, -0.05) is 0 Å². The van der Waals surface area contributed by atoms with E-state index in [-0.39, 0.29) is 0 Å². The summed E-state index contributed by atoms with van der Waals surface area (Å²) in [4.78, 5) is 0. The fourth-order valence-electron chi connectivity index (χ4n) is 4.56. The summed E-state index contributed by atoms with van der Waals surface area (Å²) < 4.78 is 5.75. The molecule has 1 aliphatic heterocycles. The molecule has 12 heavy (non-hydrogen) atoms. The van der Waals surface area contributed by atoms with Gasteiger partial charge >= 0.3 is 0 Å². The molecular weight excluding hydrogens is 148 g/mol. The lowest BCUT2D eigenvalue weighted by atomic mass is 9.67. The van der Waals surface area contributed by atoms with E-state index in [4.69, 9.17) is 4.74 Å². The van der Waals surface area contributed by atoms with Crippen LogP contribution >= 0.6 is 0 Å². The fourth-order valence-corrected chi connectivity index (χ4v) is 4.56. The summed E-state index contributed by atoms with van der Waals surface area (Å²) in [6.45, 7) is 1.11. The average molecular weight is 164 g/mol. The molecule has 0 aromatic rings. The van der Waals surface area contributed by atoms with Crippen LogP contribution in [0.15, 0.2) is 0 Å². The van der Waals surface area contributed by atoms with Crippen LogP contribution in [0.3, 0.4) is 0 Å². The van der Waals surface area contributed by atoms with E-state index >= 15 is 0 Å². The molecule has 1 heteroatoms. The highest BCUT2D eigenvalue weighted by Crippen LogP contribution is 2.63. The Morgan fingerprint density at radius 1 is 1.00 bits per heavy atom. The number of epoxide rings is 1. The Morgan fingerprint density at radius 2 is 1.83 bits per heavy atom. The Bertz CT molecular complexity index is 229. The van der Waals surface area contributed by atoms with Gasteiger partial charge in [-0.25, -0.2) is 0 Å². The quantitative estimate of drug-likeness (QED) is 0.500. The highest BCUT2D eigenvalue weighted by molar-refractivity contribution is 5.11. The van der Waals surface area contributed by atoms with Crippen molar-refractivity contribution < 1.29 is 4.74 Å². The predicted octanol–water partition coefficient (Wildman–Crippen LogP) is 2.21. The molecule has 0 radical (unpaired) electrons. The molecule has 4 rings (SSSR count). The average Bonchev–Trinajstić information content (AvgIpc) is 2.74. The van der Waals surface area contributed by atoms with Gasteiger partial charge in [0.25, 0.3) is 0 Å². The minimum Gasteiger partial charge on any atom is -0.369 e. The van der Waals surface area contributed by atoms with Gasteiger partial charge in [-0.15, -0.1) is 0 Å². The number of rotatable bonds is 0. The van der Waals surface area contributed by atoms with Crippen LogP contribution in [-0.4, -0.2) is 12.2 Å². The number of ether oxygens (including phenoxy) is 1. The van der Waals surface area contributed by atoms with Crippen LogP contribution in [0.1, 0.15) is 32.1 Å². The summed E-state index contributed by atoms with van der Waals surface area (Å²) in [6.07, 6.45) is 7.57. The van der Waals surface area contributed by atoms with Crippen LogP contribution in [0.4, 0.5) is 0 Å². The molecule has 4 aliphatic rings. The molecule has 0 aromatic heterocycles. The molecule has 1 saturated heterocycles. The monoisotopic (exact) mass is 164 g/mol. The predicted molar refractivity (Wildman–Crippen MR) is 45.7 cm³/mol. The maximum Gasteiger partial charge on any atom is 0.0949 e. The Hall–Kier alpha value is -0.0400. The molecule has 0 amide bonds. The Labute approximate surface area is 73.5 Å². The van der Waals surface area contributed by atoms with Crippen molar-refractivity contribution in [1.29, 1.82) is 0 Å². The largest absolute Gasteiger partial charge is 0.369 e. The van der Waals surface area contributed by atoms with E-state index in [1.54, 1.807) is 12.8 Å². The van der Waals surface area contributed by atoms with E-state index in [1.165, 1.54) is 19.3 Å². The van der Waals surface area contributed by atoms with Gasteiger partial charge in [0, 0.05) is 0 Å². The zero-order valence-electron chi connectivity index (χ0n) is 7.46.